The second-order valence-corrected chi connectivity index (χ2v) is 9.90. The maximum atomic E-state index is 12.9. The van der Waals surface area contributed by atoms with Crippen LogP contribution in [0.3, 0.4) is 0 Å². The highest BCUT2D eigenvalue weighted by atomic mass is 32.2. The van der Waals surface area contributed by atoms with E-state index in [2.05, 4.69) is 4.90 Å². The molecule has 0 bridgehead atoms. The van der Waals surface area contributed by atoms with Crippen molar-refractivity contribution in [2.24, 2.45) is 0 Å². The molecule has 2 atom stereocenters. The Morgan fingerprint density at radius 2 is 1.71 bits per heavy atom. The summed E-state index contributed by atoms with van der Waals surface area (Å²) in [6.07, 6.45) is -0.165. The quantitative estimate of drug-likeness (QED) is 0.763. The van der Waals surface area contributed by atoms with Gasteiger partial charge < -0.3 is 19.5 Å². The molecular weight excluding hydrogens is 420 g/mol. The number of ether oxygens (including phenoxy) is 2. The van der Waals surface area contributed by atoms with Crippen LogP contribution in [0.15, 0.2) is 53.4 Å². The molecule has 3 heterocycles. The first-order valence-electron chi connectivity index (χ1n) is 10.4. The van der Waals surface area contributed by atoms with Crippen molar-refractivity contribution in [3.05, 3.63) is 54.1 Å². The first kappa shape index (κ1) is 20.3. The third-order valence-corrected chi connectivity index (χ3v) is 8.04. The lowest BCUT2D eigenvalue weighted by Crippen LogP contribution is -2.51. The Morgan fingerprint density at radius 1 is 1.03 bits per heavy atom. The largest absolute Gasteiger partial charge is 0.486 e. The molecule has 1 amide bonds. The SMILES string of the molecule is O=C1c2ccccc2S(=O)(=O)N1C1CCN(CC(O)C2COc3ccccc3O2)CC1. The summed E-state index contributed by atoms with van der Waals surface area (Å²) in [5.74, 6) is 0.846. The monoisotopic (exact) mass is 444 g/mol. The minimum atomic E-state index is -3.80. The Bertz CT molecular complexity index is 1100. The summed E-state index contributed by atoms with van der Waals surface area (Å²) in [6, 6.07) is 13.3. The maximum absolute atomic E-state index is 12.9. The van der Waals surface area contributed by atoms with Crippen LogP contribution in [0.2, 0.25) is 0 Å². The van der Waals surface area contributed by atoms with Gasteiger partial charge in [-0.1, -0.05) is 24.3 Å². The van der Waals surface area contributed by atoms with Crippen LogP contribution in [-0.2, 0) is 10.0 Å². The van der Waals surface area contributed by atoms with Crippen molar-refractivity contribution in [2.45, 2.75) is 36.0 Å². The van der Waals surface area contributed by atoms with E-state index in [4.69, 9.17) is 9.47 Å². The van der Waals surface area contributed by atoms with Crippen LogP contribution in [0.5, 0.6) is 11.5 Å². The number of sulfonamides is 1. The predicted molar refractivity (Wildman–Crippen MR) is 112 cm³/mol. The number of aliphatic hydroxyl groups excluding tert-OH is 1. The van der Waals surface area contributed by atoms with Crippen molar-refractivity contribution in [2.75, 3.05) is 26.2 Å². The number of carbonyl (C=O) groups excluding carboxylic acids is 1. The van der Waals surface area contributed by atoms with Crippen LogP contribution >= 0.6 is 0 Å². The van der Waals surface area contributed by atoms with Crippen LogP contribution in [0, 0.1) is 0 Å². The average molecular weight is 445 g/mol. The Labute approximate surface area is 181 Å². The molecule has 31 heavy (non-hydrogen) atoms. The van der Waals surface area contributed by atoms with E-state index < -0.39 is 28.1 Å². The van der Waals surface area contributed by atoms with Crippen LogP contribution in [0.4, 0.5) is 0 Å². The lowest BCUT2D eigenvalue weighted by atomic mass is 10.0. The second kappa shape index (κ2) is 7.81. The number of hydrogen-bond acceptors (Lipinski definition) is 7. The number of piperidine rings is 1. The van der Waals surface area contributed by atoms with Gasteiger partial charge in [0.1, 0.15) is 17.6 Å². The number of para-hydroxylation sites is 2. The van der Waals surface area contributed by atoms with Gasteiger partial charge >= 0.3 is 0 Å². The van der Waals surface area contributed by atoms with Crippen molar-refractivity contribution in [1.82, 2.24) is 9.21 Å². The Morgan fingerprint density at radius 3 is 2.45 bits per heavy atom. The highest BCUT2D eigenvalue weighted by Gasteiger charge is 2.45. The van der Waals surface area contributed by atoms with Crippen molar-refractivity contribution in [3.8, 4) is 11.5 Å². The van der Waals surface area contributed by atoms with Gasteiger partial charge in [0.2, 0.25) is 0 Å². The molecule has 1 fully saturated rings. The number of fused-ring (bicyclic) bond motifs is 2. The lowest BCUT2D eigenvalue weighted by Gasteiger charge is -2.38. The van der Waals surface area contributed by atoms with E-state index in [0.717, 1.165) is 4.31 Å². The Balaban J connectivity index is 1.19. The highest BCUT2D eigenvalue weighted by Crippen LogP contribution is 2.35. The normalized spacial score (nSPS) is 24.1. The van der Waals surface area contributed by atoms with Gasteiger partial charge in [-0.3, -0.25) is 4.79 Å². The van der Waals surface area contributed by atoms with E-state index in [0.29, 0.717) is 44.0 Å². The maximum Gasteiger partial charge on any atom is 0.269 e. The van der Waals surface area contributed by atoms with Crippen LogP contribution in [0.25, 0.3) is 0 Å². The topological polar surface area (TPSA) is 96.4 Å². The van der Waals surface area contributed by atoms with Crippen molar-refractivity contribution in [1.29, 1.82) is 0 Å². The molecular formula is C22H24N2O6S. The summed E-state index contributed by atoms with van der Waals surface area (Å²) in [5.41, 5.74) is 0.245. The summed E-state index contributed by atoms with van der Waals surface area (Å²) >= 11 is 0. The van der Waals surface area contributed by atoms with Gasteiger partial charge in [-0.2, -0.15) is 0 Å². The summed E-state index contributed by atoms with van der Waals surface area (Å²) in [6.45, 7) is 1.83. The van der Waals surface area contributed by atoms with E-state index >= 15 is 0 Å². The second-order valence-electron chi connectivity index (χ2n) is 8.12. The van der Waals surface area contributed by atoms with Gasteiger partial charge in [-0.15, -0.1) is 0 Å². The molecule has 3 aliphatic rings. The van der Waals surface area contributed by atoms with Gasteiger partial charge in [0.15, 0.2) is 17.6 Å². The molecule has 1 N–H and O–H groups in total. The highest BCUT2D eigenvalue weighted by molar-refractivity contribution is 7.90. The number of likely N-dealkylation sites (tertiary alicyclic amines) is 1. The van der Waals surface area contributed by atoms with E-state index in [9.17, 15) is 18.3 Å². The molecule has 9 heteroatoms. The molecule has 164 valence electrons. The molecule has 5 rings (SSSR count). The number of nitrogens with zero attached hydrogens (tertiary/aromatic N) is 2. The number of amides is 1. The molecule has 0 aliphatic carbocycles. The average Bonchev–Trinajstić information content (AvgIpc) is 2.99. The fourth-order valence-electron chi connectivity index (χ4n) is 4.51. The van der Waals surface area contributed by atoms with E-state index in [1.807, 2.05) is 24.3 Å². The zero-order valence-electron chi connectivity index (χ0n) is 16.9. The van der Waals surface area contributed by atoms with Crippen molar-refractivity contribution >= 4 is 15.9 Å². The van der Waals surface area contributed by atoms with Crippen molar-refractivity contribution in [3.63, 3.8) is 0 Å². The number of rotatable bonds is 4. The third-order valence-electron chi connectivity index (χ3n) is 6.15. The molecule has 1 saturated heterocycles. The van der Waals surface area contributed by atoms with Gasteiger partial charge in [0.25, 0.3) is 15.9 Å². The Kier molecular flexibility index (Phi) is 5.11. The number of benzene rings is 2. The number of β-amino-alcohol motifs (C(OH)–C–C–N with tert-alkyl or cyclic N) is 1. The van der Waals surface area contributed by atoms with E-state index in [1.54, 1.807) is 18.2 Å². The molecule has 2 unspecified atom stereocenters. The molecule has 0 aromatic heterocycles. The molecule has 3 aliphatic heterocycles. The summed E-state index contributed by atoms with van der Waals surface area (Å²) < 4.78 is 38.4. The molecule has 2 aromatic rings. The Hall–Kier alpha value is -2.62. The van der Waals surface area contributed by atoms with E-state index in [-0.39, 0.29) is 23.1 Å². The number of aliphatic hydroxyl groups is 1. The zero-order valence-corrected chi connectivity index (χ0v) is 17.7. The van der Waals surface area contributed by atoms with Gasteiger partial charge in [0, 0.05) is 19.6 Å². The first-order valence-corrected chi connectivity index (χ1v) is 11.9. The van der Waals surface area contributed by atoms with Crippen LogP contribution in [0.1, 0.15) is 23.2 Å². The molecule has 0 spiro atoms. The first-order chi connectivity index (χ1) is 14.9. The number of hydrogen-bond donors (Lipinski definition) is 1. The minimum absolute atomic E-state index is 0.0904. The fraction of sp³-hybridized carbons (Fsp3) is 0.409. The van der Waals surface area contributed by atoms with Crippen LogP contribution in [-0.4, -0.2) is 73.1 Å². The number of carbonyl (C=O) groups is 1. The lowest BCUT2D eigenvalue weighted by molar-refractivity contribution is -0.0292. The zero-order chi connectivity index (χ0) is 21.6. The molecule has 0 saturated carbocycles. The third kappa shape index (κ3) is 3.56. The van der Waals surface area contributed by atoms with Gasteiger partial charge in [-0.05, 0) is 37.1 Å². The van der Waals surface area contributed by atoms with Crippen molar-refractivity contribution < 1.29 is 27.8 Å². The smallest absolute Gasteiger partial charge is 0.269 e. The predicted octanol–water partition coefficient (Wildman–Crippen LogP) is 1.50. The minimum Gasteiger partial charge on any atom is -0.486 e. The van der Waals surface area contributed by atoms with E-state index in [1.165, 1.54) is 6.07 Å². The fourth-order valence-corrected chi connectivity index (χ4v) is 6.32. The molecule has 2 aromatic carbocycles. The van der Waals surface area contributed by atoms with Gasteiger partial charge in [-0.25, -0.2) is 12.7 Å². The summed E-state index contributed by atoms with van der Waals surface area (Å²) in [7, 11) is -3.80. The summed E-state index contributed by atoms with van der Waals surface area (Å²) in [5, 5.41) is 10.7. The van der Waals surface area contributed by atoms with Crippen LogP contribution < -0.4 is 9.47 Å². The summed E-state index contributed by atoms with van der Waals surface area (Å²) in [4.78, 5) is 14.9. The van der Waals surface area contributed by atoms with Gasteiger partial charge in [0.05, 0.1) is 11.6 Å². The molecule has 8 nitrogen and oxygen atoms in total. The molecule has 0 radical (unpaired) electrons. The standard InChI is InChI=1S/C22H24N2O6S/c25-17(20-14-29-18-6-2-3-7-19(18)30-20)13-23-11-9-15(10-12-23)24-22(26)16-5-1-4-8-21(16)31(24,27)28/h1-8,15,17,20,25H,9-14H2.